The fourth-order valence-corrected chi connectivity index (χ4v) is 5.06. The number of carbonyl (C=O) groups is 1. The molecule has 2 aromatic rings. The number of likely N-dealkylation sites (N-methyl/N-ethyl adjacent to an activating group) is 1. The van der Waals surface area contributed by atoms with Gasteiger partial charge in [0.15, 0.2) is 0 Å². The molecule has 3 heteroatoms. The predicted molar refractivity (Wildman–Crippen MR) is 122 cm³/mol. The van der Waals surface area contributed by atoms with Crippen molar-refractivity contribution in [3.8, 4) is 0 Å². The molecule has 0 spiro atoms. The lowest BCUT2D eigenvalue weighted by Gasteiger charge is -2.25. The van der Waals surface area contributed by atoms with Gasteiger partial charge in [-0.1, -0.05) is 43.3 Å². The average Bonchev–Trinajstić information content (AvgIpc) is 3.28. The van der Waals surface area contributed by atoms with Crippen molar-refractivity contribution in [2.45, 2.75) is 52.0 Å². The Morgan fingerprint density at radius 2 is 2.03 bits per heavy atom. The second kappa shape index (κ2) is 7.90. The van der Waals surface area contributed by atoms with Gasteiger partial charge in [-0.25, -0.2) is 0 Å². The first-order valence-electron chi connectivity index (χ1n) is 10.6. The van der Waals surface area contributed by atoms with E-state index in [1.165, 1.54) is 35.2 Å². The highest BCUT2D eigenvalue weighted by Crippen LogP contribution is 2.49. The van der Waals surface area contributed by atoms with Crippen LogP contribution in [0.1, 0.15) is 55.7 Å². The van der Waals surface area contributed by atoms with Crippen molar-refractivity contribution in [2.75, 3.05) is 16.3 Å². The van der Waals surface area contributed by atoms with E-state index in [-0.39, 0.29) is 5.91 Å². The smallest absolute Gasteiger partial charge is 0.224 e. The van der Waals surface area contributed by atoms with Crippen LogP contribution in [-0.4, -0.2) is 18.5 Å². The van der Waals surface area contributed by atoms with Crippen molar-refractivity contribution in [1.29, 1.82) is 0 Å². The van der Waals surface area contributed by atoms with Gasteiger partial charge in [-0.3, -0.25) is 4.79 Å². The van der Waals surface area contributed by atoms with E-state index in [4.69, 9.17) is 0 Å². The Labute approximate surface area is 174 Å². The highest BCUT2D eigenvalue weighted by molar-refractivity contribution is 5.95. The minimum absolute atomic E-state index is 0.161. The van der Waals surface area contributed by atoms with Crippen molar-refractivity contribution >= 4 is 23.4 Å². The van der Waals surface area contributed by atoms with Crippen molar-refractivity contribution in [2.24, 2.45) is 0 Å². The number of anilines is 2. The van der Waals surface area contributed by atoms with E-state index in [0.29, 0.717) is 12.0 Å². The van der Waals surface area contributed by atoms with Crippen LogP contribution < -0.4 is 9.80 Å². The van der Waals surface area contributed by atoms with Gasteiger partial charge >= 0.3 is 0 Å². The number of carbonyl (C=O) groups excluding carboxylic acids is 1. The Morgan fingerprint density at radius 1 is 1.24 bits per heavy atom. The number of fused-ring (bicyclic) bond motifs is 3. The molecule has 150 valence electrons. The maximum atomic E-state index is 12.2. The Balaban J connectivity index is 1.58. The standard InChI is InChI=1S/C26H30N2O/c1-5-27(24-11-7-6-9-18(24)2)19(3)13-14-21-15-16-26-23(17-21)22-10-8-12-25(22)28(26)20(4)29/h6-7,9,11,13-17,22,25H,3,5,8,10,12H2,1-2,4H3/b14-13+. The summed E-state index contributed by atoms with van der Waals surface area (Å²) < 4.78 is 0. The zero-order valence-electron chi connectivity index (χ0n) is 17.7. The molecule has 1 saturated carbocycles. The molecule has 0 aromatic heterocycles. The normalized spacial score (nSPS) is 20.0. The number of para-hydroxylation sites is 1. The summed E-state index contributed by atoms with van der Waals surface area (Å²) >= 11 is 0. The third-order valence-electron chi connectivity index (χ3n) is 6.40. The molecule has 2 aliphatic rings. The summed E-state index contributed by atoms with van der Waals surface area (Å²) in [5.74, 6) is 0.652. The molecule has 1 aliphatic carbocycles. The lowest BCUT2D eigenvalue weighted by Crippen LogP contribution is -2.35. The van der Waals surface area contributed by atoms with E-state index >= 15 is 0 Å². The van der Waals surface area contributed by atoms with E-state index in [9.17, 15) is 4.79 Å². The first kappa shape index (κ1) is 19.5. The van der Waals surface area contributed by atoms with Gasteiger partial charge in [0.1, 0.15) is 0 Å². The minimum atomic E-state index is 0.161. The van der Waals surface area contributed by atoms with Crippen molar-refractivity contribution < 1.29 is 4.79 Å². The SMILES string of the molecule is C=C(/C=C/c1ccc2c(c1)C1CCCC1N2C(C)=O)N(CC)c1ccccc1C. The Bertz CT molecular complexity index is 974. The van der Waals surface area contributed by atoms with E-state index < -0.39 is 0 Å². The number of nitrogens with zero attached hydrogens (tertiary/aromatic N) is 2. The number of hydrogen-bond acceptors (Lipinski definition) is 2. The fourth-order valence-electron chi connectivity index (χ4n) is 5.06. The Hall–Kier alpha value is -2.81. The number of rotatable bonds is 5. The van der Waals surface area contributed by atoms with E-state index in [2.05, 4.69) is 79.9 Å². The minimum Gasteiger partial charge on any atom is -0.342 e. The molecule has 2 atom stereocenters. The molecule has 1 heterocycles. The summed E-state index contributed by atoms with van der Waals surface area (Å²) in [7, 11) is 0. The van der Waals surface area contributed by atoms with Gasteiger partial charge in [0.05, 0.1) is 0 Å². The lowest BCUT2D eigenvalue weighted by atomic mass is 9.96. The van der Waals surface area contributed by atoms with E-state index in [0.717, 1.165) is 24.4 Å². The monoisotopic (exact) mass is 386 g/mol. The molecule has 0 saturated heterocycles. The van der Waals surface area contributed by atoms with Gasteiger partial charge in [0.25, 0.3) is 0 Å². The molecular formula is C26H30N2O. The van der Waals surface area contributed by atoms with Crippen molar-refractivity contribution in [1.82, 2.24) is 0 Å². The maximum absolute atomic E-state index is 12.2. The van der Waals surface area contributed by atoms with Gasteiger partial charge in [-0.2, -0.15) is 0 Å². The lowest BCUT2D eigenvalue weighted by molar-refractivity contribution is -0.116. The van der Waals surface area contributed by atoms with E-state index in [1.54, 1.807) is 6.92 Å². The number of benzene rings is 2. The maximum Gasteiger partial charge on any atom is 0.224 e. The van der Waals surface area contributed by atoms with Gasteiger partial charge in [0, 0.05) is 42.5 Å². The topological polar surface area (TPSA) is 23.6 Å². The quantitative estimate of drug-likeness (QED) is 0.584. The highest BCUT2D eigenvalue weighted by Gasteiger charge is 2.42. The van der Waals surface area contributed by atoms with Crippen LogP contribution in [0.25, 0.3) is 6.08 Å². The van der Waals surface area contributed by atoms with Crippen LogP contribution in [0.5, 0.6) is 0 Å². The number of aryl methyl sites for hydroxylation is 1. The molecule has 2 aromatic carbocycles. The highest BCUT2D eigenvalue weighted by atomic mass is 16.2. The third kappa shape index (κ3) is 3.50. The van der Waals surface area contributed by atoms with Crippen molar-refractivity contribution in [3.05, 3.63) is 77.5 Å². The second-order valence-electron chi connectivity index (χ2n) is 8.17. The van der Waals surface area contributed by atoms with Gasteiger partial charge in [-0.15, -0.1) is 0 Å². The van der Waals surface area contributed by atoms with Gasteiger partial charge < -0.3 is 9.80 Å². The van der Waals surface area contributed by atoms with Crippen LogP contribution in [0, 0.1) is 6.92 Å². The zero-order valence-corrected chi connectivity index (χ0v) is 17.7. The second-order valence-corrected chi connectivity index (χ2v) is 8.17. The van der Waals surface area contributed by atoms with Crippen LogP contribution in [0.4, 0.5) is 11.4 Å². The van der Waals surface area contributed by atoms with Gasteiger partial charge in [0.2, 0.25) is 5.91 Å². The first-order chi connectivity index (χ1) is 14.0. The third-order valence-corrected chi connectivity index (χ3v) is 6.40. The molecule has 1 aliphatic heterocycles. The largest absolute Gasteiger partial charge is 0.342 e. The molecule has 29 heavy (non-hydrogen) atoms. The molecule has 0 radical (unpaired) electrons. The Morgan fingerprint density at radius 3 is 2.76 bits per heavy atom. The molecule has 1 fully saturated rings. The summed E-state index contributed by atoms with van der Waals surface area (Å²) in [6.45, 7) is 11.1. The number of allylic oxidation sites excluding steroid dienone is 1. The van der Waals surface area contributed by atoms with E-state index in [1.807, 2.05) is 4.90 Å². The average molecular weight is 387 g/mol. The van der Waals surface area contributed by atoms with Crippen LogP contribution in [0.15, 0.2) is 60.8 Å². The zero-order chi connectivity index (χ0) is 20.5. The van der Waals surface area contributed by atoms with Crippen LogP contribution in [0.2, 0.25) is 0 Å². The van der Waals surface area contributed by atoms with Crippen LogP contribution in [-0.2, 0) is 4.79 Å². The molecule has 2 unspecified atom stereocenters. The van der Waals surface area contributed by atoms with Crippen LogP contribution in [0.3, 0.4) is 0 Å². The van der Waals surface area contributed by atoms with Crippen LogP contribution >= 0.6 is 0 Å². The Kier molecular flexibility index (Phi) is 5.31. The van der Waals surface area contributed by atoms with Crippen molar-refractivity contribution in [3.63, 3.8) is 0 Å². The summed E-state index contributed by atoms with van der Waals surface area (Å²) in [5.41, 5.74) is 7.04. The molecule has 0 N–H and O–H groups in total. The molecule has 1 amide bonds. The summed E-state index contributed by atoms with van der Waals surface area (Å²) in [6.07, 6.45) is 7.74. The molecular weight excluding hydrogens is 356 g/mol. The molecule has 3 nitrogen and oxygen atoms in total. The number of amides is 1. The first-order valence-corrected chi connectivity index (χ1v) is 10.6. The molecule has 0 bridgehead atoms. The summed E-state index contributed by atoms with van der Waals surface area (Å²) in [5, 5.41) is 0. The summed E-state index contributed by atoms with van der Waals surface area (Å²) in [6, 6.07) is 15.3. The summed E-state index contributed by atoms with van der Waals surface area (Å²) in [4.78, 5) is 16.5. The number of hydrogen-bond donors (Lipinski definition) is 0. The predicted octanol–water partition coefficient (Wildman–Crippen LogP) is 6.05. The van der Waals surface area contributed by atoms with Gasteiger partial charge in [-0.05, 0) is 67.7 Å². The molecule has 4 rings (SSSR count). The fraction of sp³-hybridized carbons (Fsp3) is 0.346.